The van der Waals surface area contributed by atoms with E-state index in [0.29, 0.717) is 6.61 Å². The maximum atomic E-state index is 5.19. The van der Waals surface area contributed by atoms with E-state index in [1.807, 2.05) is 10.9 Å². The van der Waals surface area contributed by atoms with Crippen molar-refractivity contribution >= 4 is 27.3 Å². The van der Waals surface area contributed by atoms with Gasteiger partial charge in [0.05, 0.1) is 35.6 Å². The minimum atomic E-state index is 0.157. The molecule has 2 heterocycles. The third kappa shape index (κ3) is 3.94. The second-order valence-corrected chi connectivity index (χ2v) is 6.59. The molecule has 6 heteroatoms. The van der Waals surface area contributed by atoms with Gasteiger partial charge >= 0.3 is 0 Å². The summed E-state index contributed by atoms with van der Waals surface area (Å²) in [6.45, 7) is 6.73. The highest BCUT2D eigenvalue weighted by atomic mass is 79.9. The number of thiophene rings is 1. The highest BCUT2D eigenvalue weighted by Gasteiger charge is 2.23. The van der Waals surface area contributed by atoms with Gasteiger partial charge in [-0.15, -0.1) is 0 Å². The van der Waals surface area contributed by atoms with Gasteiger partial charge in [0.1, 0.15) is 0 Å². The Morgan fingerprint density at radius 1 is 1.48 bits per heavy atom. The minimum absolute atomic E-state index is 0.157. The van der Waals surface area contributed by atoms with Gasteiger partial charge in [0.2, 0.25) is 0 Å². The van der Waals surface area contributed by atoms with Gasteiger partial charge in [0.15, 0.2) is 0 Å². The lowest BCUT2D eigenvalue weighted by atomic mass is 10.0. The third-order valence-electron chi connectivity index (χ3n) is 3.42. The first-order chi connectivity index (χ1) is 10.2. The predicted octanol–water partition coefficient (Wildman–Crippen LogP) is 3.75. The maximum Gasteiger partial charge on any atom is 0.0770 e. The van der Waals surface area contributed by atoms with Crippen LogP contribution in [0, 0.1) is 6.92 Å². The molecule has 0 fully saturated rings. The van der Waals surface area contributed by atoms with E-state index in [-0.39, 0.29) is 6.04 Å². The normalized spacial score (nSPS) is 12.8. The minimum Gasteiger partial charge on any atom is -0.383 e. The van der Waals surface area contributed by atoms with E-state index in [0.717, 1.165) is 24.0 Å². The Balaban J connectivity index is 2.36. The van der Waals surface area contributed by atoms with Gasteiger partial charge in [-0.25, -0.2) is 0 Å². The lowest BCUT2D eigenvalue weighted by Crippen LogP contribution is -2.27. The second kappa shape index (κ2) is 8.08. The summed E-state index contributed by atoms with van der Waals surface area (Å²) in [6.07, 6.45) is 2.97. The summed E-state index contributed by atoms with van der Waals surface area (Å²) in [5.41, 5.74) is 3.82. The fourth-order valence-corrected chi connectivity index (χ4v) is 3.73. The van der Waals surface area contributed by atoms with Gasteiger partial charge < -0.3 is 10.1 Å². The third-order valence-corrected chi connectivity index (χ3v) is 4.91. The quantitative estimate of drug-likeness (QED) is 0.767. The van der Waals surface area contributed by atoms with Crippen LogP contribution in [0.15, 0.2) is 21.4 Å². The Hall–Kier alpha value is -0.690. The molecule has 0 aliphatic heterocycles. The largest absolute Gasteiger partial charge is 0.383 e. The Morgan fingerprint density at radius 3 is 2.90 bits per heavy atom. The zero-order valence-electron chi connectivity index (χ0n) is 12.7. The fourth-order valence-electron chi connectivity index (χ4n) is 2.32. The topological polar surface area (TPSA) is 39.1 Å². The van der Waals surface area contributed by atoms with Crippen LogP contribution < -0.4 is 5.32 Å². The van der Waals surface area contributed by atoms with Crippen molar-refractivity contribution in [2.75, 3.05) is 20.3 Å². The zero-order valence-corrected chi connectivity index (χ0v) is 15.1. The molecule has 0 aliphatic carbocycles. The van der Waals surface area contributed by atoms with E-state index < -0.39 is 0 Å². The van der Waals surface area contributed by atoms with Crippen LogP contribution in [0.5, 0.6) is 0 Å². The van der Waals surface area contributed by atoms with Crippen LogP contribution in [0.25, 0.3) is 0 Å². The number of aromatic nitrogens is 2. The van der Waals surface area contributed by atoms with Crippen LogP contribution in [0.3, 0.4) is 0 Å². The predicted molar refractivity (Wildman–Crippen MR) is 91.0 cm³/mol. The molecule has 2 aromatic rings. The summed E-state index contributed by atoms with van der Waals surface area (Å²) >= 11 is 5.40. The number of hydrogen-bond donors (Lipinski definition) is 1. The molecule has 0 aromatic carbocycles. The number of methoxy groups -OCH3 is 1. The molecule has 116 valence electrons. The highest BCUT2D eigenvalue weighted by molar-refractivity contribution is 9.10. The Labute approximate surface area is 138 Å². The monoisotopic (exact) mass is 371 g/mol. The molecule has 0 spiro atoms. The first-order valence-corrected chi connectivity index (χ1v) is 8.88. The highest BCUT2D eigenvalue weighted by Crippen LogP contribution is 2.32. The standard InChI is InChI=1S/C15H22BrN3OS/c1-4-5-17-14(12-10-21-9-11(12)2)15-13(16)8-18-19(15)6-7-20-3/h8-10,14,17H,4-7H2,1-3H3. The maximum absolute atomic E-state index is 5.19. The van der Waals surface area contributed by atoms with Gasteiger partial charge in [0, 0.05) is 7.11 Å². The Morgan fingerprint density at radius 2 is 2.29 bits per heavy atom. The van der Waals surface area contributed by atoms with Crippen molar-refractivity contribution in [1.82, 2.24) is 15.1 Å². The molecular weight excluding hydrogens is 350 g/mol. The van der Waals surface area contributed by atoms with Crippen molar-refractivity contribution < 1.29 is 4.74 Å². The molecule has 2 aromatic heterocycles. The summed E-state index contributed by atoms with van der Waals surface area (Å²) < 4.78 is 8.26. The number of halogens is 1. The molecule has 0 bridgehead atoms. The van der Waals surface area contributed by atoms with Crippen molar-refractivity contribution in [3.05, 3.63) is 38.3 Å². The van der Waals surface area contributed by atoms with E-state index in [1.54, 1.807) is 18.4 Å². The first-order valence-electron chi connectivity index (χ1n) is 7.15. The van der Waals surface area contributed by atoms with Crippen LogP contribution in [-0.2, 0) is 11.3 Å². The first kappa shape index (κ1) is 16.7. The summed E-state index contributed by atoms with van der Waals surface area (Å²) in [6, 6.07) is 0.157. The molecule has 21 heavy (non-hydrogen) atoms. The van der Waals surface area contributed by atoms with Crippen LogP contribution in [0.1, 0.15) is 36.2 Å². The molecule has 4 nitrogen and oxygen atoms in total. The molecule has 0 saturated carbocycles. The lowest BCUT2D eigenvalue weighted by molar-refractivity contribution is 0.182. The number of nitrogens with one attached hydrogen (secondary N) is 1. The van der Waals surface area contributed by atoms with Crippen molar-refractivity contribution in [2.24, 2.45) is 0 Å². The molecule has 2 rings (SSSR count). The molecule has 0 amide bonds. The van der Waals surface area contributed by atoms with Crippen LogP contribution in [0.4, 0.5) is 0 Å². The van der Waals surface area contributed by atoms with E-state index in [2.05, 4.69) is 51.0 Å². The molecule has 1 unspecified atom stereocenters. The molecule has 0 aliphatic rings. The molecule has 1 N–H and O–H groups in total. The second-order valence-electron chi connectivity index (χ2n) is 4.99. The zero-order chi connectivity index (χ0) is 15.2. The summed E-state index contributed by atoms with van der Waals surface area (Å²) in [7, 11) is 1.72. The van der Waals surface area contributed by atoms with Crippen molar-refractivity contribution in [3.63, 3.8) is 0 Å². The number of ether oxygens (including phenoxy) is 1. The van der Waals surface area contributed by atoms with Crippen molar-refractivity contribution in [1.29, 1.82) is 0 Å². The number of aryl methyl sites for hydroxylation is 1. The van der Waals surface area contributed by atoms with Crippen LogP contribution >= 0.6 is 27.3 Å². The molecular formula is C15H22BrN3OS. The average Bonchev–Trinajstić information content (AvgIpc) is 3.05. The summed E-state index contributed by atoms with van der Waals surface area (Å²) in [5.74, 6) is 0. The fraction of sp³-hybridized carbons (Fsp3) is 0.533. The van der Waals surface area contributed by atoms with Crippen LogP contribution in [0.2, 0.25) is 0 Å². The number of hydrogen-bond acceptors (Lipinski definition) is 4. The average molecular weight is 372 g/mol. The van der Waals surface area contributed by atoms with Gasteiger partial charge in [-0.2, -0.15) is 16.4 Å². The molecule has 0 radical (unpaired) electrons. The van der Waals surface area contributed by atoms with Crippen molar-refractivity contribution in [2.45, 2.75) is 32.9 Å². The summed E-state index contributed by atoms with van der Waals surface area (Å²) in [4.78, 5) is 0. The van der Waals surface area contributed by atoms with Gasteiger partial charge in [-0.05, 0) is 57.7 Å². The number of rotatable bonds is 8. The number of nitrogens with zero attached hydrogens (tertiary/aromatic N) is 2. The van der Waals surface area contributed by atoms with Gasteiger partial charge in [-0.1, -0.05) is 6.92 Å². The smallest absolute Gasteiger partial charge is 0.0770 e. The van der Waals surface area contributed by atoms with Gasteiger partial charge in [0.25, 0.3) is 0 Å². The Kier molecular flexibility index (Phi) is 6.41. The van der Waals surface area contributed by atoms with E-state index in [9.17, 15) is 0 Å². The van der Waals surface area contributed by atoms with Gasteiger partial charge in [-0.3, -0.25) is 4.68 Å². The van der Waals surface area contributed by atoms with E-state index >= 15 is 0 Å². The Bertz CT molecular complexity index is 567. The van der Waals surface area contributed by atoms with E-state index in [1.165, 1.54) is 16.8 Å². The molecule has 1 atom stereocenters. The lowest BCUT2D eigenvalue weighted by Gasteiger charge is -2.21. The SMILES string of the molecule is CCCNC(c1cscc1C)c1c(Br)cnn1CCOC. The molecule has 0 saturated heterocycles. The summed E-state index contributed by atoms with van der Waals surface area (Å²) in [5, 5.41) is 12.5. The van der Waals surface area contributed by atoms with Crippen molar-refractivity contribution in [3.8, 4) is 0 Å². The van der Waals surface area contributed by atoms with E-state index in [4.69, 9.17) is 4.74 Å². The van der Waals surface area contributed by atoms with Crippen LogP contribution in [-0.4, -0.2) is 30.0 Å².